The topological polar surface area (TPSA) is 76.5 Å². The highest BCUT2D eigenvalue weighted by atomic mass is 16.5. The molecule has 2 heterocycles. The summed E-state index contributed by atoms with van der Waals surface area (Å²) in [5.74, 6) is 0. The molecule has 0 unspecified atom stereocenters. The number of piperidine rings is 1. The second-order valence-corrected chi connectivity index (χ2v) is 5.76. The second kappa shape index (κ2) is 8.44. The van der Waals surface area contributed by atoms with E-state index in [4.69, 9.17) is 10.3 Å². The van der Waals surface area contributed by atoms with Gasteiger partial charge >= 0.3 is 0 Å². The van der Waals surface area contributed by atoms with Crippen LogP contribution in [0.15, 0.2) is 5.11 Å². The van der Waals surface area contributed by atoms with Crippen LogP contribution < -0.4 is 5.32 Å². The lowest BCUT2D eigenvalue weighted by atomic mass is 10.1. The van der Waals surface area contributed by atoms with E-state index in [0.717, 1.165) is 65.3 Å². The SMILES string of the molecule is CN1CC(NCCOCCN2CCC(N=[N+]=[N-])CC2)C1. The number of nitrogens with zero attached hydrogens (tertiary/aromatic N) is 5. The summed E-state index contributed by atoms with van der Waals surface area (Å²) in [6.45, 7) is 7.83. The molecule has 2 aliphatic rings. The first-order valence-electron chi connectivity index (χ1n) is 7.54. The van der Waals surface area contributed by atoms with Gasteiger partial charge in [0.2, 0.25) is 0 Å². The Morgan fingerprint density at radius 3 is 2.70 bits per heavy atom. The van der Waals surface area contributed by atoms with Crippen LogP contribution >= 0.6 is 0 Å². The highest BCUT2D eigenvalue weighted by Crippen LogP contribution is 2.13. The number of hydrogen-bond donors (Lipinski definition) is 1. The highest BCUT2D eigenvalue weighted by molar-refractivity contribution is 4.82. The van der Waals surface area contributed by atoms with Gasteiger partial charge in [-0.1, -0.05) is 5.11 Å². The van der Waals surface area contributed by atoms with E-state index in [9.17, 15) is 0 Å². The molecule has 7 heteroatoms. The van der Waals surface area contributed by atoms with Crippen LogP contribution in [0.3, 0.4) is 0 Å². The third-order valence-corrected chi connectivity index (χ3v) is 4.07. The first-order chi connectivity index (χ1) is 9.78. The van der Waals surface area contributed by atoms with Crippen LogP contribution in [0.2, 0.25) is 0 Å². The third-order valence-electron chi connectivity index (χ3n) is 4.07. The van der Waals surface area contributed by atoms with Crippen molar-refractivity contribution in [1.29, 1.82) is 0 Å². The maximum absolute atomic E-state index is 8.40. The predicted octanol–water partition coefficient (Wildman–Crippen LogP) is 0.681. The van der Waals surface area contributed by atoms with Crippen molar-refractivity contribution in [3.63, 3.8) is 0 Å². The van der Waals surface area contributed by atoms with Crippen molar-refractivity contribution in [1.82, 2.24) is 15.1 Å². The monoisotopic (exact) mass is 282 g/mol. The van der Waals surface area contributed by atoms with Crippen LogP contribution in [0.4, 0.5) is 0 Å². The van der Waals surface area contributed by atoms with Gasteiger partial charge in [0.25, 0.3) is 0 Å². The van der Waals surface area contributed by atoms with Crippen molar-refractivity contribution in [3.8, 4) is 0 Å². The first-order valence-corrected chi connectivity index (χ1v) is 7.54. The predicted molar refractivity (Wildman–Crippen MR) is 78.7 cm³/mol. The molecule has 0 bridgehead atoms. The van der Waals surface area contributed by atoms with Crippen molar-refractivity contribution in [2.45, 2.75) is 24.9 Å². The Morgan fingerprint density at radius 2 is 2.05 bits per heavy atom. The van der Waals surface area contributed by atoms with Gasteiger partial charge in [-0.25, -0.2) is 0 Å². The molecule has 0 aromatic heterocycles. The normalized spacial score (nSPS) is 22.4. The molecule has 0 aromatic carbocycles. The minimum atomic E-state index is 0.196. The molecule has 20 heavy (non-hydrogen) atoms. The number of hydrogen-bond acceptors (Lipinski definition) is 5. The molecule has 0 amide bonds. The molecule has 0 radical (unpaired) electrons. The van der Waals surface area contributed by atoms with E-state index in [0.29, 0.717) is 6.04 Å². The summed E-state index contributed by atoms with van der Waals surface area (Å²) in [5.41, 5.74) is 8.40. The lowest BCUT2D eigenvalue weighted by Gasteiger charge is -2.36. The van der Waals surface area contributed by atoms with Crippen molar-refractivity contribution >= 4 is 0 Å². The Morgan fingerprint density at radius 1 is 1.30 bits per heavy atom. The highest BCUT2D eigenvalue weighted by Gasteiger charge is 2.21. The molecule has 0 atom stereocenters. The van der Waals surface area contributed by atoms with Crippen LogP contribution in [0.25, 0.3) is 10.4 Å². The molecule has 114 valence electrons. The summed E-state index contributed by atoms with van der Waals surface area (Å²) in [6.07, 6.45) is 1.95. The molecule has 1 N–H and O–H groups in total. The molecule has 0 aromatic rings. The summed E-state index contributed by atoms with van der Waals surface area (Å²) in [6, 6.07) is 0.852. The fraction of sp³-hybridized carbons (Fsp3) is 1.00. The number of ether oxygens (including phenoxy) is 1. The van der Waals surface area contributed by atoms with Gasteiger partial charge < -0.3 is 19.9 Å². The third kappa shape index (κ3) is 5.26. The molecule has 2 fully saturated rings. The van der Waals surface area contributed by atoms with E-state index < -0.39 is 0 Å². The Kier molecular flexibility index (Phi) is 6.56. The van der Waals surface area contributed by atoms with E-state index in [-0.39, 0.29) is 6.04 Å². The van der Waals surface area contributed by atoms with E-state index >= 15 is 0 Å². The number of rotatable bonds is 8. The van der Waals surface area contributed by atoms with Gasteiger partial charge in [0.1, 0.15) is 0 Å². The van der Waals surface area contributed by atoms with Gasteiger partial charge in [-0.15, -0.1) is 0 Å². The number of likely N-dealkylation sites (N-methyl/N-ethyl adjacent to an activating group) is 1. The smallest absolute Gasteiger partial charge is 0.0594 e. The number of azide groups is 1. The maximum atomic E-state index is 8.40. The fourth-order valence-corrected chi connectivity index (χ4v) is 2.79. The largest absolute Gasteiger partial charge is 0.379 e. The minimum Gasteiger partial charge on any atom is -0.379 e. The molecule has 2 aliphatic heterocycles. The van der Waals surface area contributed by atoms with Crippen molar-refractivity contribution < 1.29 is 4.74 Å². The molecule has 2 rings (SSSR count). The first kappa shape index (κ1) is 15.5. The number of nitrogens with one attached hydrogen (secondary N) is 1. The summed E-state index contributed by atoms with van der Waals surface area (Å²) in [4.78, 5) is 7.57. The Hall–Kier alpha value is -0.850. The summed E-state index contributed by atoms with van der Waals surface area (Å²) >= 11 is 0. The second-order valence-electron chi connectivity index (χ2n) is 5.76. The van der Waals surface area contributed by atoms with Gasteiger partial charge in [0, 0.05) is 43.2 Å². The van der Waals surface area contributed by atoms with Crippen LogP contribution in [0.5, 0.6) is 0 Å². The van der Waals surface area contributed by atoms with Gasteiger partial charge in [-0.05, 0) is 38.5 Å². The average molecular weight is 282 g/mol. The molecule has 2 saturated heterocycles. The van der Waals surface area contributed by atoms with Crippen LogP contribution in [-0.2, 0) is 4.74 Å². The van der Waals surface area contributed by atoms with Gasteiger partial charge in [0.05, 0.1) is 13.2 Å². The van der Waals surface area contributed by atoms with Crippen molar-refractivity contribution in [3.05, 3.63) is 10.4 Å². The van der Waals surface area contributed by atoms with E-state index in [1.165, 1.54) is 0 Å². The van der Waals surface area contributed by atoms with E-state index in [1.807, 2.05) is 0 Å². The molecular weight excluding hydrogens is 256 g/mol. The molecule has 0 aliphatic carbocycles. The summed E-state index contributed by atoms with van der Waals surface area (Å²) < 4.78 is 5.66. The van der Waals surface area contributed by atoms with Crippen LogP contribution in [-0.4, -0.2) is 81.4 Å². The van der Waals surface area contributed by atoms with Crippen molar-refractivity contribution in [2.24, 2.45) is 5.11 Å². The molecule has 0 spiro atoms. The molecular formula is C13H26N6O. The number of likely N-dealkylation sites (tertiary alicyclic amines) is 2. The lowest BCUT2D eigenvalue weighted by Crippen LogP contribution is -2.56. The van der Waals surface area contributed by atoms with Crippen LogP contribution in [0.1, 0.15) is 12.8 Å². The zero-order valence-electron chi connectivity index (χ0n) is 12.4. The standard InChI is InChI=1S/C13H26N6O/c1-18-10-13(11-18)15-4-8-20-9-7-19-5-2-12(3-6-19)16-17-14/h12-13,15H,2-11H2,1H3. The van der Waals surface area contributed by atoms with Gasteiger partial charge in [-0.3, -0.25) is 0 Å². The summed E-state index contributed by atoms with van der Waals surface area (Å²) in [5, 5.41) is 7.27. The van der Waals surface area contributed by atoms with Crippen molar-refractivity contribution in [2.75, 3.05) is 59.5 Å². The Balaban J connectivity index is 1.41. The summed E-state index contributed by atoms with van der Waals surface area (Å²) in [7, 11) is 2.14. The lowest BCUT2D eigenvalue weighted by molar-refractivity contribution is 0.0873. The van der Waals surface area contributed by atoms with Gasteiger partial charge in [0.15, 0.2) is 0 Å². The fourth-order valence-electron chi connectivity index (χ4n) is 2.79. The Bertz CT molecular complexity index is 319. The maximum Gasteiger partial charge on any atom is 0.0594 e. The quantitative estimate of drug-likeness (QED) is 0.307. The molecule has 7 nitrogen and oxygen atoms in total. The van der Waals surface area contributed by atoms with Gasteiger partial charge in [-0.2, -0.15) is 0 Å². The van der Waals surface area contributed by atoms with E-state index in [2.05, 4.69) is 32.2 Å². The van der Waals surface area contributed by atoms with Crippen LogP contribution in [0, 0.1) is 0 Å². The zero-order valence-corrected chi connectivity index (χ0v) is 12.4. The Labute approximate surface area is 120 Å². The zero-order chi connectivity index (χ0) is 14.2. The average Bonchev–Trinajstić information content (AvgIpc) is 2.42. The molecule has 0 saturated carbocycles. The minimum absolute atomic E-state index is 0.196. The van der Waals surface area contributed by atoms with E-state index in [1.54, 1.807) is 0 Å².